The van der Waals surface area contributed by atoms with Crippen LogP contribution in [-0.4, -0.2) is 31.2 Å². The summed E-state index contributed by atoms with van der Waals surface area (Å²) in [5, 5.41) is 3.13. The highest BCUT2D eigenvalue weighted by Crippen LogP contribution is 1.93. The minimum Gasteiger partial charge on any atom is -0.307 e. The van der Waals surface area contributed by atoms with Gasteiger partial charge in [0, 0.05) is 12.7 Å². The highest BCUT2D eigenvalue weighted by molar-refractivity contribution is 4.56. The monoisotopic (exact) mass is 130 g/mol. The lowest BCUT2D eigenvalue weighted by Gasteiger charge is -2.23. The maximum atomic E-state index is 3.13. The summed E-state index contributed by atoms with van der Waals surface area (Å²) in [6.45, 7) is 8.71. The van der Waals surface area contributed by atoms with E-state index in [-0.39, 0.29) is 0 Å². The molecule has 0 rings (SSSR count). The maximum Gasteiger partial charge on any atom is 0.0480 e. The minimum absolute atomic E-state index is 0.655. The van der Waals surface area contributed by atoms with E-state index in [0.717, 1.165) is 13.2 Å². The molecule has 9 heavy (non-hydrogen) atoms. The second kappa shape index (κ2) is 4.77. The van der Waals surface area contributed by atoms with Crippen molar-refractivity contribution in [1.29, 1.82) is 0 Å². The Morgan fingerprint density at radius 3 is 2.11 bits per heavy atom. The van der Waals surface area contributed by atoms with E-state index in [1.165, 1.54) is 0 Å². The van der Waals surface area contributed by atoms with Gasteiger partial charge in [0.05, 0.1) is 0 Å². The van der Waals surface area contributed by atoms with E-state index in [9.17, 15) is 0 Å². The van der Waals surface area contributed by atoms with Crippen LogP contribution in [0.4, 0.5) is 0 Å². The molecule has 0 aliphatic heterocycles. The lowest BCUT2D eigenvalue weighted by atomic mass is 10.3. The predicted molar refractivity (Wildman–Crippen MR) is 41.4 cm³/mol. The fraction of sp³-hybridized carbons (Fsp3) is 1.00. The van der Waals surface area contributed by atoms with Crippen LogP contribution in [0.2, 0.25) is 0 Å². The van der Waals surface area contributed by atoms with E-state index in [1.54, 1.807) is 0 Å². The number of hydrogen-bond acceptors (Lipinski definition) is 2. The summed E-state index contributed by atoms with van der Waals surface area (Å²) in [5.41, 5.74) is 0. The molecular weight excluding hydrogens is 112 g/mol. The Bertz CT molecular complexity index is 61.9. The van der Waals surface area contributed by atoms with Crippen molar-refractivity contribution < 1.29 is 0 Å². The largest absolute Gasteiger partial charge is 0.307 e. The molecular formula is C7H18N2. The van der Waals surface area contributed by atoms with Crippen molar-refractivity contribution in [3.05, 3.63) is 0 Å². The lowest BCUT2D eigenvalue weighted by molar-refractivity contribution is 0.222. The molecule has 0 fully saturated rings. The molecule has 2 heteroatoms. The van der Waals surface area contributed by atoms with Gasteiger partial charge in [-0.25, -0.2) is 0 Å². The van der Waals surface area contributed by atoms with Crippen molar-refractivity contribution in [1.82, 2.24) is 10.2 Å². The van der Waals surface area contributed by atoms with Crippen LogP contribution in [0.3, 0.4) is 0 Å². The summed E-state index contributed by atoms with van der Waals surface area (Å²) in [6.07, 6.45) is 0. The molecule has 0 saturated carbocycles. The molecule has 0 atom stereocenters. The van der Waals surface area contributed by atoms with Gasteiger partial charge in [0.25, 0.3) is 0 Å². The molecule has 0 saturated heterocycles. The van der Waals surface area contributed by atoms with Gasteiger partial charge in [-0.3, -0.25) is 4.90 Å². The Kier molecular flexibility index (Phi) is 4.72. The predicted octanol–water partition coefficient (Wildman–Crippen LogP) is 0.894. The zero-order chi connectivity index (χ0) is 7.28. The van der Waals surface area contributed by atoms with Crippen molar-refractivity contribution in [2.75, 3.05) is 20.3 Å². The average molecular weight is 130 g/mol. The van der Waals surface area contributed by atoms with Gasteiger partial charge < -0.3 is 5.32 Å². The Morgan fingerprint density at radius 2 is 2.00 bits per heavy atom. The van der Waals surface area contributed by atoms with Gasteiger partial charge in [-0.2, -0.15) is 0 Å². The number of hydrogen-bond donors (Lipinski definition) is 1. The highest BCUT2D eigenvalue weighted by Gasteiger charge is 2.02. The second-order valence-electron chi connectivity index (χ2n) is 2.51. The molecule has 0 bridgehead atoms. The molecule has 2 nitrogen and oxygen atoms in total. The van der Waals surface area contributed by atoms with Crippen LogP contribution in [0.25, 0.3) is 0 Å². The van der Waals surface area contributed by atoms with Crippen LogP contribution in [-0.2, 0) is 0 Å². The summed E-state index contributed by atoms with van der Waals surface area (Å²) < 4.78 is 0. The summed E-state index contributed by atoms with van der Waals surface area (Å²) >= 11 is 0. The van der Waals surface area contributed by atoms with Gasteiger partial charge in [-0.05, 0) is 27.4 Å². The Hall–Kier alpha value is -0.0800. The molecule has 0 unspecified atom stereocenters. The van der Waals surface area contributed by atoms with E-state index >= 15 is 0 Å². The first-order valence-electron chi connectivity index (χ1n) is 3.61. The maximum absolute atomic E-state index is 3.13. The zero-order valence-corrected chi connectivity index (χ0v) is 6.94. The minimum atomic E-state index is 0.655. The quantitative estimate of drug-likeness (QED) is 0.569. The summed E-state index contributed by atoms with van der Waals surface area (Å²) in [7, 11) is 1.98. The van der Waals surface area contributed by atoms with Crippen LogP contribution in [0, 0.1) is 0 Å². The molecule has 0 aliphatic carbocycles. The van der Waals surface area contributed by atoms with Crippen LogP contribution in [0.1, 0.15) is 20.8 Å². The molecule has 1 N–H and O–H groups in total. The zero-order valence-electron chi connectivity index (χ0n) is 6.94. The summed E-state index contributed by atoms with van der Waals surface area (Å²) in [5.74, 6) is 0. The van der Waals surface area contributed by atoms with E-state index in [0.29, 0.717) is 6.04 Å². The van der Waals surface area contributed by atoms with Gasteiger partial charge >= 0.3 is 0 Å². The summed E-state index contributed by atoms with van der Waals surface area (Å²) in [6, 6.07) is 0.655. The van der Waals surface area contributed by atoms with Crippen molar-refractivity contribution in [3.8, 4) is 0 Å². The van der Waals surface area contributed by atoms with Gasteiger partial charge in [0.1, 0.15) is 0 Å². The van der Waals surface area contributed by atoms with Gasteiger partial charge in [-0.15, -0.1) is 0 Å². The second-order valence-corrected chi connectivity index (χ2v) is 2.51. The molecule has 56 valence electrons. The fourth-order valence-electron chi connectivity index (χ4n) is 0.863. The van der Waals surface area contributed by atoms with Crippen molar-refractivity contribution in [2.45, 2.75) is 26.8 Å². The highest BCUT2D eigenvalue weighted by atomic mass is 15.2. The number of rotatable bonds is 4. The lowest BCUT2D eigenvalue weighted by Crippen LogP contribution is -2.37. The van der Waals surface area contributed by atoms with Crippen LogP contribution in [0.15, 0.2) is 0 Å². The van der Waals surface area contributed by atoms with E-state index < -0.39 is 0 Å². The number of nitrogens with one attached hydrogen (secondary N) is 1. The normalized spacial score (nSPS) is 11.3. The van der Waals surface area contributed by atoms with Crippen molar-refractivity contribution in [2.24, 2.45) is 0 Å². The van der Waals surface area contributed by atoms with Crippen LogP contribution < -0.4 is 5.32 Å². The fourth-order valence-corrected chi connectivity index (χ4v) is 0.863. The smallest absolute Gasteiger partial charge is 0.0480 e. The molecule has 0 radical (unpaired) electrons. The Balaban J connectivity index is 3.41. The van der Waals surface area contributed by atoms with E-state index in [2.05, 4.69) is 31.0 Å². The van der Waals surface area contributed by atoms with Crippen LogP contribution >= 0.6 is 0 Å². The average Bonchev–Trinajstić information content (AvgIpc) is 1.82. The Labute approximate surface area is 58.2 Å². The van der Waals surface area contributed by atoms with Crippen LogP contribution in [0.5, 0.6) is 0 Å². The first-order valence-corrected chi connectivity index (χ1v) is 3.61. The van der Waals surface area contributed by atoms with Gasteiger partial charge in [0.15, 0.2) is 0 Å². The molecule has 0 spiro atoms. The third-order valence-electron chi connectivity index (χ3n) is 1.50. The van der Waals surface area contributed by atoms with Gasteiger partial charge in [-0.1, -0.05) is 6.92 Å². The molecule has 0 aromatic rings. The molecule has 0 aromatic heterocycles. The first-order chi connectivity index (χ1) is 4.22. The first kappa shape index (κ1) is 8.92. The third kappa shape index (κ3) is 3.49. The molecule has 0 amide bonds. The number of nitrogens with zero attached hydrogens (tertiary/aromatic N) is 1. The SMILES string of the molecule is CCN(CNC)C(C)C. The van der Waals surface area contributed by atoms with Gasteiger partial charge in [0.2, 0.25) is 0 Å². The van der Waals surface area contributed by atoms with Crippen molar-refractivity contribution in [3.63, 3.8) is 0 Å². The van der Waals surface area contributed by atoms with Crippen molar-refractivity contribution >= 4 is 0 Å². The topological polar surface area (TPSA) is 15.3 Å². The van der Waals surface area contributed by atoms with E-state index in [1.807, 2.05) is 7.05 Å². The Morgan fingerprint density at radius 1 is 1.44 bits per heavy atom. The van der Waals surface area contributed by atoms with E-state index in [4.69, 9.17) is 0 Å². The molecule has 0 heterocycles. The molecule has 0 aromatic carbocycles. The standard InChI is InChI=1S/C7H18N2/c1-5-9(6-8-4)7(2)3/h7-8H,5-6H2,1-4H3. The summed E-state index contributed by atoms with van der Waals surface area (Å²) in [4.78, 5) is 2.36. The third-order valence-corrected chi connectivity index (χ3v) is 1.50. The molecule has 0 aliphatic rings.